The zero-order valence-electron chi connectivity index (χ0n) is 14.9. The fourth-order valence-electron chi connectivity index (χ4n) is 2.66. The smallest absolute Gasteiger partial charge is 0.416 e. The Morgan fingerprint density at radius 3 is 2.11 bits per heavy atom. The summed E-state index contributed by atoms with van der Waals surface area (Å²) in [5.41, 5.74) is 1.20. The van der Waals surface area contributed by atoms with Gasteiger partial charge < -0.3 is 14.6 Å². The van der Waals surface area contributed by atoms with E-state index >= 15 is 0 Å². The van der Waals surface area contributed by atoms with E-state index in [0.717, 1.165) is 17.7 Å². The minimum absolute atomic E-state index is 0.0586. The highest BCUT2D eigenvalue weighted by molar-refractivity contribution is 5.67. The Balaban J connectivity index is 1.80. The van der Waals surface area contributed by atoms with E-state index in [1.807, 2.05) is 30.3 Å². The second-order valence-electron chi connectivity index (χ2n) is 6.11. The Bertz CT molecular complexity index is 891. The summed E-state index contributed by atoms with van der Waals surface area (Å²) in [6, 6.07) is 20.0. The average Bonchev–Trinajstić information content (AvgIpc) is 2.71. The highest BCUT2D eigenvalue weighted by Crippen LogP contribution is 2.36. The maximum atomic E-state index is 13.2. The maximum Gasteiger partial charge on any atom is 0.416 e. The zero-order valence-corrected chi connectivity index (χ0v) is 14.9. The molecule has 146 valence electrons. The first-order valence-electron chi connectivity index (χ1n) is 8.69. The number of benzene rings is 3. The molecule has 3 aromatic carbocycles. The molecular formula is C22H19F3O3. The summed E-state index contributed by atoms with van der Waals surface area (Å²) in [7, 11) is 0. The summed E-state index contributed by atoms with van der Waals surface area (Å²) < 4.78 is 50.5. The van der Waals surface area contributed by atoms with Crippen LogP contribution >= 0.6 is 0 Å². The number of ether oxygens (including phenoxy) is 2. The fourth-order valence-corrected chi connectivity index (χ4v) is 2.66. The van der Waals surface area contributed by atoms with Crippen molar-refractivity contribution in [3.63, 3.8) is 0 Å². The van der Waals surface area contributed by atoms with Gasteiger partial charge >= 0.3 is 6.18 Å². The third kappa shape index (κ3) is 5.27. The van der Waals surface area contributed by atoms with Crippen molar-refractivity contribution in [1.29, 1.82) is 0 Å². The first-order valence-corrected chi connectivity index (χ1v) is 8.69. The predicted octanol–water partition coefficient (Wildman–Crippen LogP) is 5.32. The first kappa shape index (κ1) is 19.8. The predicted molar refractivity (Wildman–Crippen MR) is 100 cm³/mol. The van der Waals surface area contributed by atoms with Gasteiger partial charge in [-0.15, -0.1) is 0 Å². The van der Waals surface area contributed by atoms with Gasteiger partial charge in [-0.2, -0.15) is 13.2 Å². The molecule has 0 aliphatic rings. The Hall–Kier alpha value is -2.99. The second kappa shape index (κ2) is 8.80. The van der Waals surface area contributed by atoms with Crippen LogP contribution in [0, 0.1) is 0 Å². The summed E-state index contributed by atoms with van der Waals surface area (Å²) >= 11 is 0. The van der Waals surface area contributed by atoms with Crippen molar-refractivity contribution < 1.29 is 27.8 Å². The largest absolute Gasteiger partial charge is 0.491 e. The molecule has 3 nitrogen and oxygen atoms in total. The van der Waals surface area contributed by atoms with E-state index < -0.39 is 11.7 Å². The van der Waals surface area contributed by atoms with Crippen LogP contribution in [0.25, 0.3) is 11.1 Å². The van der Waals surface area contributed by atoms with Crippen LogP contribution in [0.2, 0.25) is 0 Å². The van der Waals surface area contributed by atoms with E-state index in [2.05, 4.69) is 0 Å². The van der Waals surface area contributed by atoms with Crippen molar-refractivity contribution in [3.8, 4) is 22.6 Å². The zero-order chi connectivity index (χ0) is 20.0. The number of aliphatic hydroxyl groups is 1. The lowest BCUT2D eigenvalue weighted by Gasteiger charge is -2.13. The van der Waals surface area contributed by atoms with Crippen molar-refractivity contribution in [2.24, 2.45) is 0 Å². The van der Waals surface area contributed by atoms with E-state index in [9.17, 15) is 13.2 Å². The third-order valence-corrected chi connectivity index (χ3v) is 4.03. The number of aliphatic hydroxyl groups excluding tert-OH is 1. The molecule has 0 fully saturated rings. The molecule has 3 rings (SSSR count). The minimum Gasteiger partial charge on any atom is -0.491 e. The molecule has 1 N–H and O–H groups in total. The Morgan fingerprint density at radius 1 is 0.750 bits per heavy atom. The van der Waals surface area contributed by atoms with Gasteiger partial charge in [-0.1, -0.05) is 42.5 Å². The molecular weight excluding hydrogens is 369 g/mol. The monoisotopic (exact) mass is 388 g/mol. The van der Waals surface area contributed by atoms with Crippen molar-refractivity contribution in [2.75, 3.05) is 13.2 Å². The highest BCUT2D eigenvalue weighted by Gasteiger charge is 2.31. The summed E-state index contributed by atoms with van der Waals surface area (Å²) in [5.74, 6) is 0.680. The number of hydrogen-bond acceptors (Lipinski definition) is 3. The molecule has 0 saturated heterocycles. The van der Waals surface area contributed by atoms with E-state index in [4.69, 9.17) is 14.6 Å². The van der Waals surface area contributed by atoms with Crippen LogP contribution in [0.1, 0.15) is 11.1 Å². The van der Waals surface area contributed by atoms with Crippen molar-refractivity contribution >= 4 is 0 Å². The standard InChI is InChI=1S/C22H19F3O3/c23-22(24,25)19-12-18(13-21(14-19)27-11-10-26)17-6-8-20(9-7-17)28-15-16-4-2-1-3-5-16/h1-9,12-14,26H,10-11,15H2. The summed E-state index contributed by atoms with van der Waals surface area (Å²) in [4.78, 5) is 0. The van der Waals surface area contributed by atoms with Gasteiger partial charge in [0, 0.05) is 0 Å². The highest BCUT2D eigenvalue weighted by atomic mass is 19.4. The van der Waals surface area contributed by atoms with Gasteiger partial charge in [-0.25, -0.2) is 0 Å². The lowest BCUT2D eigenvalue weighted by atomic mass is 10.0. The number of hydrogen-bond donors (Lipinski definition) is 1. The van der Waals surface area contributed by atoms with Gasteiger partial charge in [0.1, 0.15) is 24.7 Å². The van der Waals surface area contributed by atoms with Crippen molar-refractivity contribution in [2.45, 2.75) is 12.8 Å². The second-order valence-corrected chi connectivity index (χ2v) is 6.11. The molecule has 0 aromatic heterocycles. The topological polar surface area (TPSA) is 38.7 Å². The lowest BCUT2D eigenvalue weighted by molar-refractivity contribution is -0.137. The number of rotatable bonds is 7. The molecule has 0 heterocycles. The molecule has 28 heavy (non-hydrogen) atoms. The lowest BCUT2D eigenvalue weighted by Crippen LogP contribution is -2.07. The molecule has 0 amide bonds. The normalized spacial score (nSPS) is 11.3. The molecule has 0 unspecified atom stereocenters. The van der Waals surface area contributed by atoms with Crippen molar-refractivity contribution in [3.05, 3.63) is 83.9 Å². The van der Waals surface area contributed by atoms with Gasteiger partial charge in [0.2, 0.25) is 0 Å². The summed E-state index contributed by atoms with van der Waals surface area (Å²) in [5, 5.41) is 8.85. The SMILES string of the molecule is OCCOc1cc(-c2ccc(OCc3ccccc3)cc2)cc(C(F)(F)F)c1. The van der Waals surface area contributed by atoms with Gasteiger partial charge in [0.25, 0.3) is 0 Å². The van der Waals surface area contributed by atoms with Crippen LogP contribution in [-0.2, 0) is 12.8 Å². The molecule has 0 atom stereocenters. The maximum absolute atomic E-state index is 13.2. The van der Waals surface area contributed by atoms with E-state index in [1.54, 1.807) is 24.3 Å². The molecule has 0 aliphatic heterocycles. The quantitative estimate of drug-likeness (QED) is 0.595. The van der Waals surface area contributed by atoms with Gasteiger partial charge in [-0.3, -0.25) is 0 Å². The molecule has 0 saturated carbocycles. The fraction of sp³-hybridized carbons (Fsp3) is 0.182. The Morgan fingerprint density at radius 2 is 1.46 bits per heavy atom. The molecule has 6 heteroatoms. The van der Waals surface area contributed by atoms with E-state index in [1.165, 1.54) is 6.07 Å². The summed E-state index contributed by atoms with van der Waals surface area (Å²) in [6.07, 6.45) is -4.49. The van der Waals surface area contributed by atoms with Crippen LogP contribution in [0.15, 0.2) is 72.8 Å². The number of alkyl halides is 3. The van der Waals surface area contributed by atoms with E-state index in [-0.39, 0.29) is 19.0 Å². The minimum atomic E-state index is -4.49. The van der Waals surface area contributed by atoms with Crippen LogP contribution in [-0.4, -0.2) is 18.3 Å². The van der Waals surface area contributed by atoms with Gasteiger partial charge in [0.05, 0.1) is 12.2 Å². The van der Waals surface area contributed by atoms with E-state index in [0.29, 0.717) is 23.5 Å². The van der Waals surface area contributed by atoms with Crippen molar-refractivity contribution in [1.82, 2.24) is 0 Å². The van der Waals surface area contributed by atoms with Gasteiger partial charge in [-0.05, 0) is 47.0 Å². The summed E-state index contributed by atoms with van der Waals surface area (Å²) in [6.45, 7) is 0.0505. The van der Waals surface area contributed by atoms with Crippen LogP contribution in [0.3, 0.4) is 0 Å². The Labute approximate surface area is 161 Å². The number of halogens is 3. The van der Waals surface area contributed by atoms with Crippen LogP contribution in [0.4, 0.5) is 13.2 Å². The molecule has 0 radical (unpaired) electrons. The Kier molecular flexibility index (Phi) is 6.21. The van der Waals surface area contributed by atoms with Gasteiger partial charge in [0.15, 0.2) is 0 Å². The molecule has 3 aromatic rings. The molecule has 0 aliphatic carbocycles. The first-order chi connectivity index (χ1) is 13.5. The third-order valence-electron chi connectivity index (χ3n) is 4.03. The molecule has 0 bridgehead atoms. The molecule has 0 spiro atoms. The van der Waals surface area contributed by atoms with Crippen LogP contribution < -0.4 is 9.47 Å². The average molecular weight is 388 g/mol. The van der Waals surface area contributed by atoms with Crippen LogP contribution in [0.5, 0.6) is 11.5 Å².